The minimum atomic E-state index is -0.624. The fraction of sp³-hybridized carbons (Fsp3) is 0.333. The third kappa shape index (κ3) is 3.59. The Bertz CT molecular complexity index is 663. The minimum absolute atomic E-state index is 0.0131. The second-order valence-corrected chi connectivity index (χ2v) is 6.54. The molecule has 0 unspecified atom stereocenters. The molecule has 8 heteroatoms. The van der Waals surface area contributed by atoms with Crippen molar-refractivity contribution in [1.29, 1.82) is 0 Å². The van der Waals surface area contributed by atoms with Crippen molar-refractivity contribution in [2.24, 2.45) is 0 Å². The molecule has 0 saturated heterocycles. The molecule has 0 spiro atoms. The largest absolute Gasteiger partial charge is 0.466 e. The summed E-state index contributed by atoms with van der Waals surface area (Å²) in [5, 5.41) is 0. The molecule has 1 aliphatic rings. The molecule has 1 heterocycles. The van der Waals surface area contributed by atoms with E-state index in [0.29, 0.717) is 0 Å². The van der Waals surface area contributed by atoms with Crippen LogP contribution in [0, 0.1) is 6.92 Å². The number of halogens is 2. The minimum Gasteiger partial charge on any atom is -0.466 e. The molecular weight excluding hydrogens is 434 g/mol. The lowest BCUT2D eigenvalue weighted by Gasteiger charge is -2.33. The van der Waals surface area contributed by atoms with Crippen LogP contribution in [0.5, 0.6) is 0 Å². The normalized spacial score (nSPS) is 14.7. The number of hydrogen-bond donors (Lipinski definition) is 0. The molecule has 23 heavy (non-hydrogen) atoms. The van der Waals surface area contributed by atoms with E-state index in [9.17, 15) is 9.59 Å². The lowest BCUT2D eigenvalue weighted by atomic mass is 10.1. The Labute approximate surface area is 150 Å². The topological polar surface area (TPSA) is 65.1 Å². The van der Waals surface area contributed by atoms with Gasteiger partial charge in [0.2, 0.25) is 0 Å². The van der Waals surface area contributed by atoms with Crippen molar-refractivity contribution in [3.8, 4) is 0 Å². The summed E-state index contributed by atoms with van der Waals surface area (Å²) >= 11 is 6.91. The van der Waals surface area contributed by atoms with Gasteiger partial charge in [0.15, 0.2) is 0 Å². The van der Waals surface area contributed by atoms with E-state index in [1.807, 2.05) is 19.1 Å². The smallest absolute Gasteiger partial charge is 0.355 e. The summed E-state index contributed by atoms with van der Waals surface area (Å²) in [5.41, 5.74) is 1.86. The highest BCUT2D eigenvalue weighted by molar-refractivity contribution is 9.11. The number of rotatable bonds is 3. The molecule has 1 aromatic carbocycles. The fourth-order valence-electron chi connectivity index (χ4n) is 2.36. The second kappa shape index (κ2) is 7.46. The quantitative estimate of drug-likeness (QED) is 0.662. The fourth-order valence-corrected chi connectivity index (χ4v) is 4.01. The van der Waals surface area contributed by atoms with Crippen LogP contribution in [0.4, 0.5) is 5.69 Å². The van der Waals surface area contributed by atoms with Crippen molar-refractivity contribution in [2.75, 3.05) is 32.5 Å². The summed E-state index contributed by atoms with van der Waals surface area (Å²) in [6.45, 7) is 2.00. The van der Waals surface area contributed by atoms with E-state index in [1.165, 1.54) is 14.2 Å². The average molecular weight is 449 g/mol. The predicted octanol–water partition coefficient (Wildman–Crippen LogP) is 2.91. The van der Waals surface area contributed by atoms with Crippen LogP contribution in [0.1, 0.15) is 5.56 Å². The van der Waals surface area contributed by atoms with Crippen LogP contribution in [-0.2, 0) is 23.8 Å². The van der Waals surface area contributed by atoms with Crippen LogP contribution < -0.4 is 4.90 Å². The number of hydrogen-bond acceptors (Lipinski definition) is 6. The third-order valence-electron chi connectivity index (χ3n) is 3.32. The molecule has 0 radical (unpaired) electrons. The number of nitrogens with zero attached hydrogens (tertiary/aromatic N) is 1. The van der Waals surface area contributed by atoms with E-state index in [0.717, 1.165) is 20.2 Å². The number of methoxy groups -OCH3 is 2. The summed E-state index contributed by atoms with van der Waals surface area (Å²) in [5.74, 6) is -1.25. The van der Waals surface area contributed by atoms with E-state index in [1.54, 1.807) is 4.90 Å². The van der Waals surface area contributed by atoms with Gasteiger partial charge in [0.1, 0.15) is 12.4 Å². The van der Waals surface area contributed by atoms with Gasteiger partial charge >= 0.3 is 11.9 Å². The summed E-state index contributed by atoms with van der Waals surface area (Å²) in [7, 11) is 2.52. The standard InChI is InChI=1S/C15H15Br2NO5/c1-8-4-9(16)5-11(17)12(8)18-7-23-6-10(14(19)21-2)13(18)15(20)22-3/h4-5H,6-7H2,1-3H3. The molecular formula is C15H15Br2NO5. The molecule has 1 aliphatic heterocycles. The highest BCUT2D eigenvalue weighted by Crippen LogP contribution is 2.37. The number of carbonyl (C=O) groups is 2. The maximum atomic E-state index is 12.3. The summed E-state index contributed by atoms with van der Waals surface area (Å²) in [6.07, 6.45) is 0. The van der Waals surface area contributed by atoms with Gasteiger partial charge in [-0.2, -0.15) is 0 Å². The average Bonchev–Trinajstić information content (AvgIpc) is 2.52. The van der Waals surface area contributed by atoms with Crippen LogP contribution in [0.25, 0.3) is 0 Å². The molecule has 0 aliphatic carbocycles. The Morgan fingerprint density at radius 2 is 1.83 bits per heavy atom. The number of anilines is 1. The first-order valence-corrected chi connectivity index (χ1v) is 8.20. The zero-order valence-electron chi connectivity index (χ0n) is 12.8. The Hall–Kier alpha value is -1.38. The highest BCUT2D eigenvalue weighted by atomic mass is 79.9. The lowest BCUT2D eigenvalue weighted by molar-refractivity contribution is -0.140. The number of carbonyl (C=O) groups excluding carboxylic acids is 2. The van der Waals surface area contributed by atoms with E-state index >= 15 is 0 Å². The van der Waals surface area contributed by atoms with Gasteiger partial charge in [-0.05, 0) is 40.5 Å². The van der Waals surface area contributed by atoms with Crippen LogP contribution in [0.15, 0.2) is 32.3 Å². The van der Waals surface area contributed by atoms with Gasteiger partial charge in [0.05, 0.1) is 32.1 Å². The molecule has 2 rings (SSSR count). The molecule has 1 aromatic rings. The Balaban J connectivity index is 2.65. The van der Waals surface area contributed by atoms with Gasteiger partial charge in [-0.15, -0.1) is 0 Å². The Kier molecular flexibility index (Phi) is 5.83. The predicted molar refractivity (Wildman–Crippen MR) is 90.9 cm³/mol. The van der Waals surface area contributed by atoms with Crippen molar-refractivity contribution >= 4 is 49.5 Å². The first-order valence-electron chi connectivity index (χ1n) is 6.61. The van der Waals surface area contributed by atoms with Crippen LogP contribution in [-0.4, -0.2) is 39.5 Å². The van der Waals surface area contributed by atoms with Gasteiger partial charge in [0.25, 0.3) is 0 Å². The summed E-state index contributed by atoms with van der Waals surface area (Å²) < 4.78 is 16.7. The van der Waals surface area contributed by atoms with Crippen molar-refractivity contribution < 1.29 is 23.8 Å². The van der Waals surface area contributed by atoms with Crippen molar-refractivity contribution in [2.45, 2.75) is 6.92 Å². The third-order valence-corrected chi connectivity index (χ3v) is 4.38. The second-order valence-electron chi connectivity index (χ2n) is 4.77. The maximum absolute atomic E-state index is 12.3. The molecule has 0 aromatic heterocycles. The number of aryl methyl sites for hydroxylation is 1. The van der Waals surface area contributed by atoms with Crippen molar-refractivity contribution in [3.63, 3.8) is 0 Å². The molecule has 0 atom stereocenters. The van der Waals surface area contributed by atoms with E-state index < -0.39 is 11.9 Å². The van der Waals surface area contributed by atoms with Gasteiger partial charge in [-0.25, -0.2) is 9.59 Å². The zero-order chi connectivity index (χ0) is 17.1. The van der Waals surface area contributed by atoms with E-state index in [4.69, 9.17) is 14.2 Å². The lowest BCUT2D eigenvalue weighted by Crippen LogP contribution is -2.39. The molecule has 6 nitrogen and oxygen atoms in total. The van der Waals surface area contributed by atoms with E-state index in [-0.39, 0.29) is 24.6 Å². The molecule has 0 fully saturated rings. The Morgan fingerprint density at radius 1 is 1.17 bits per heavy atom. The molecule has 0 saturated carbocycles. The number of esters is 2. The first kappa shape index (κ1) is 18.0. The Morgan fingerprint density at radius 3 is 2.39 bits per heavy atom. The molecule has 0 amide bonds. The van der Waals surface area contributed by atoms with Gasteiger partial charge in [-0.1, -0.05) is 15.9 Å². The van der Waals surface area contributed by atoms with Crippen LogP contribution in [0.2, 0.25) is 0 Å². The van der Waals surface area contributed by atoms with Crippen molar-refractivity contribution in [1.82, 2.24) is 0 Å². The van der Waals surface area contributed by atoms with Crippen LogP contribution in [0.3, 0.4) is 0 Å². The van der Waals surface area contributed by atoms with E-state index in [2.05, 4.69) is 31.9 Å². The monoisotopic (exact) mass is 447 g/mol. The maximum Gasteiger partial charge on any atom is 0.355 e. The first-order chi connectivity index (χ1) is 10.9. The summed E-state index contributed by atoms with van der Waals surface area (Å²) in [6, 6.07) is 3.76. The molecule has 0 bridgehead atoms. The van der Waals surface area contributed by atoms with Gasteiger partial charge in [0, 0.05) is 8.95 Å². The number of benzene rings is 1. The van der Waals surface area contributed by atoms with Crippen LogP contribution >= 0.6 is 31.9 Å². The summed E-state index contributed by atoms with van der Waals surface area (Å²) in [4.78, 5) is 25.9. The molecule has 124 valence electrons. The van der Waals surface area contributed by atoms with Crippen molar-refractivity contribution in [3.05, 3.63) is 37.9 Å². The van der Waals surface area contributed by atoms with Gasteiger partial charge < -0.3 is 19.1 Å². The zero-order valence-corrected chi connectivity index (χ0v) is 16.0. The highest BCUT2D eigenvalue weighted by Gasteiger charge is 2.33. The van der Waals surface area contributed by atoms with Gasteiger partial charge in [-0.3, -0.25) is 0 Å². The molecule has 0 N–H and O–H groups in total. The SMILES string of the molecule is COC(=O)C1=C(C(=O)OC)N(c2c(C)cc(Br)cc2Br)COC1. The number of ether oxygens (including phenoxy) is 3.